The standard InChI is InChI=1S/C6F5.C5H5.2CO.Fe/c7-2-1-3(8)5(10)6(11)4(2)9;1-2-4-5-3-1;2*1-2;/h;1-5H;;;/q-1;;;;+2. The van der Waals surface area contributed by atoms with Crippen LogP contribution in [0.15, 0.2) is 0 Å². The molecule has 5 radical (unpaired) electrons. The zero-order valence-electron chi connectivity index (χ0n) is 9.95. The molecule has 1 saturated carbocycles. The topological polar surface area (TPSA) is 39.8 Å². The van der Waals surface area contributed by atoms with Crippen LogP contribution in [0.5, 0.6) is 0 Å². The zero-order chi connectivity index (χ0) is 16.1. The Hall–Kier alpha value is -1.13. The monoisotopic (exact) mass is 344 g/mol. The van der Waals surface area contributed by atoms with Crippen LogP contribution in [0.25, 0.3) is 0 Å². The third-order valence-corrected chi connectivity index (χ3v) is 1.55. The van der Waals surface area contributed by atoms with E-state index in [-0.39, 0.29) is 17.1 Å². The maximum Gasteiger partial charge on any atom is 2.00 e. The normalized spacial score (nSPS) is 11.3. The van der Waals surface area contributed by atoms with Crippen molar-refractivity contribution in [2.24, 2.45) is 0 Å². The van der Waals surface area contributed by atoms with Gasteiger partial charge in [-0.2, -0.15) is 0 Å². The van der Waals surface area contributed by atoms with E-state index in [0.717, 1.165) is 6.07 Å². The van der Waals surface area contributed by atoms with Crippen LogP contribution in [0.3, 0.4) is 0 Å². The van der Waals surface area contributed by atoms with Crippen molar-refractivity contribution in [2.75, 3.05) is 0 Å². The third kappa shape index (κ3) is 9.42. The molecule has 0 aromatic heterocycles. The number of hydrogen-bond acceptors (Lipinski definition) is 0. The number of halogens is 5. The second kappa shape index (κ2) is 15.3. The summed E-state index contributed by atoms with van der Waals surface area (Å²) in [5, 5.41) is 0. The molecule has 21 heavy (non-hydrogen) atoms. The van der Waals surface area contributed by atoms with E-state index in [0.29, 0.717) is 0 Å². The fourth-order valence-electron chi connectivity index (χ4n) is 0.816. The minimum absolute atomic E-state index is 0. The van der Waals surface area contributed by atoms with Gasteiger partial charge in [0.1, 0.15) is 0 Å². The van der Waals surface area contributed by atoms with Crippen molar-refractivity contribution >= 4 is 0 Å². The predicted molar refractivity (Wildman–Crippen MR) is 54.4 cm³/mol. The molecule has 0 spiro atoms. The van der Waals surface area contributed by atoms with Gasteiger partial charge in [0.2, 0.25) is 0 Å². The number of rotatable bonds is 0. The Labute approximate surface area is 129 Å². The van der Waals surface area contributed by atoms with Crippen LogP contribution in [-0.2, 0) is 26.4 Å². The number of benzene rings is 1. The van der Waals surface area contributed by atoms with Gasteiger partial charge in [-0.3, -0.25) is 8.78 Å². The van der Waals surface area contributed by atoms with Gasteiger partial charge in [-0.1, -0.05) is 0 Å². The maximum absolute atomic E-state index is 12.0. The van der Waals surface area contributed by atoms with Crippen molar-refractivity contribution in [3.8, 4) is 0 Å². The van der Waals surface area contributed by atoms with Gasteiger partial charge in [0.15, 0.2) is 0 Å². The molecular formula is C13H5F5FeO2+. The first kappa shape index (κ1) is 24.9. The van der Waals surface area contributed by atoms with Crippen LogP contribution in [0.1, 0.15) is 0 Å². The Morgan fingerprint density at radius 2 is 0.857 bits per heavy atom. The van der Waals surface area contributed by atoms with Crippen LogP contribution in [-0.4, -0.2) is 0 Å². The summed E-state index contributed by atoms with van der Waals surface area (Å²) in [7, 11) is 0. The van der Waals surface area contributed by atoms with Crippen molar-refractivity contribution in [3.63, 3.8) is 0 Å². The Bertz CT molecular complexity index is 405. The van der Waals surface area contributed by atoms with Gasteiger partial charge in [-0.15, -0.1) is 6.07 Å². The first-order valence-electron chi connectivity index (χ1n) is 4.52. The van der Waals surface area contributed by atoms with Crippen molar-refractivity contribution in [2.45, 2.75) is 0 Å². The Morgan fingerprint density at radius 1 is 0.619 bits per heavy atom. The molecule has 0 saturated heterocycles. The summed E-state index contributed by atoms with van der Waals surface area (Å²) in [6, 6.07) is 1.02. The summed E-state index contributed by atoms with van der Waals surface area (Å²) in [6.07, 6.45) is 10.0. The average Bonchev–Trinajstić information content (AvgIpc) is 3.07. The fourth-order valence-corrected chi connectivity index (χ4v) is 0.816. The van der Waals surface area contributed by atoms with Crippen molar-refractivity contribution < 1.29 is 48.3 Å². The average molecular weight is 344 g/mol. The van der Waals surface area contributed by atoms with E-state index in [2.05, 4.69) is 13.3 Å². The SMILES string of the molecule is Fc1[c-]c(F)c(F)c(F)c1F.[C-]#[O+].[C-]#[O+].[CH]1[CH][CH][CH][CH]1.[Fe+2]. The van der Waals surface area contributed by atoms with Gasteiger partial charge in [0, 0.05) is 0 Å². The summed E-state index contributed by atoms with van der Waals surface area (Å²) in [4.78, 5) is 0. The van der Waals surface area contributed by atoms with Gasteiger partial charge in [0.05, 0.1) is 29.1 Å². The molecule has 0 heterocycles. The summed E-state index contributed by atoms with van der Waals surface area (Å²) >= 11 is 0. The molecule has 8 heteroatoms. The summed E-state index contributed by atoms with van der Waals surface area (Å²) in [5.41, 5.74) is 0. The van der Waals surface area contributed by atoms with Crippen LogP contribution in [0, 0.1) is 80.6 Å². The maximum atomic E-state index is 12.0. The largest absolute Gasteiger partial charge is 2.00 e. The Kier molecular flexibility index (Phi) is 18.1. The van der Waals surface area contributed by atoms with E-state index in [1.54, 1.807) is 0 Å². The zero-order valence-corrected chi connectivity index (χ0v) is 11.1. The fraction of sp³-hybridized carbons (Fsp3) is 0. The molecule has 1 aromatic rings. The molecule has 0 amide bonds. The van der Waals surface area contributed by atoms with Crippen LogP contribution in [0.2, 0.25) is 0 Å². The van der Waals surface area contributed by atoms with Crippen molar-refractivity contribution in [1.29, 1.82) is 0 Å². The minimum atomic E-state index is -2.17. The summed E-state index contributed by atoms with van der Waals surface area (Å²) < 4.78 is 74.9. The van der Waals surface area contributed by atoms with Crippen molar-refractivity contribution in [1.82, 2.24) is 0 Å². The quantitative estimate of drug-likeness (QED) is 0.173. The summed E-state index contributed by atoms with van der Waals surface area (Å²) in [5.74, 6) is -10.0. The molecule has 111 valence electrons. The molecule has 1 aliphatic carbocycles. The summed E-state index contributed by atoms with van der Waals surface area (Å²) in [6.45, 7) is 9.00. The van der Waals surface area contributed by atoms with Crippen LogP contribution >= 0.6 is 0 Å². The van der Waals surface area contributed by atoms with Gasteiger partial charge in [0.25, 0.3) is 0 Å². The van der Waals surface area contributed by atoms with E-state index < -0.39 is 29.1 Å². The third-order valence-electron chi connectivity index (χ3n) is 1.55. The number of hydrogen-bond donors (Lipinski definition) is 0. The van der Waals surface area contributed by atoms with E-state index in [1.807, 2.05) is 32.1 Å². The van der Waals surface area contributed by atoms with Gasteiger partial charge in [-0.25, -0.2) is 13.2 Å². The van der Waals surface area contributed by atoms with E-state index in [4.69, 9.17) is 9.30 Å². The molecule has 2 rings (SSSR count). The molecule has 0 atom stereocenters. The molecule has 1 aromatic carbocycles. The molecule has 1 aliphatic rings. The smallest absolute Gasteiger partial charge is 0.0312 e. The predicted octanol–water partition coefficient (Wildman–Crippen LogP) is 3.13. The molecule has 0 bridgehead atoms. The second-order valence-electron chi connectivity index (χ2n) is 2.66. The van der Waals surface area contributed by atoms with E-state index in [9.17, 15) is 22.0 Å². The van der Waals surface area contributed by atoms with Gasteiger partial charge < -0.3 is 0 Å². The van der Waals surface area contributed by atoms with Crippen LogP contribution in [0.4, 0.5) is 22.0 Å². The second-order valence-corrected chi connectivity index (χ2v) is 2.66. The van der Waals surface area contributed by atoms with Crippen LogP contribution < -0.4 is 0 Å². The van der Waals surface area contributed by atoms with Gasteiger partial charge in [-0.05, 0) is 32.1 Å². The minimum Gasteiger partial charge on any atom is -0.0312 e. The molecular weight excluding hydrogens is 339 g/mol. The molecule has 2 nitrogen and oxygen atoms in total. The van der Waals surface area contributed by atoms with E-state index in [1.165, 1.54) is 0 Å². The molecule has 1 fully saturated rings. The van der Waals surface area contributed by atoms with Crippen molar-refractivity contribution in [3.05, 3.63) is 80.6 Å². The molecule has 0 unspecified atom stereocenters. The first-order valence-corrected chi connectivity index (χ1v) is 4.52. The Balaban J connectivity index is -0.000000273. The van der Waals surface area contributed by atoms with E-state index >= 15 is 0 Å². The van der Waals surface area contributed by atoms with Gasteiger partial charge >= 0.3 is 39.7 Å². The first-order chi connectivity index (χ1) is 9.54. The molecule has 0 aliphatic heterocycles. The molecule has 0 N–H and O–H groups in total. The Morgan fingerprint density at radius 3 is 1.10 bits per heavy atom.